The van der Waals surface area contributed by atoms with Crippen molar-refractivity contribution < 1.29 is 14.3 Å². The Labute approximate surface area is 52.6 Å². The molecule has 0 amide bonds. The lowest BCUT2D eigenvalue weighted by atomic mass is 10.6. The molecule has 0 atom stereocenters. The van der Waals surface area contributed by atoms with Crippen LogP contribution in [0.1, 0.15) is 0 Å². The number of ether oxygens (including phenoxy) is 1. The van der Waals surface area contributed by atoms with Gasteiger partial charge in [-0.15, -0.1) is 0 Å². The van der Waals surface area contributed by atoms with Crippen LogP contribution in [0.4, 0.5) is 0 Å². The van der Waals surface area contributed by atoms with E-state index in [0.29, 0.717) is 0 Å². The fraction of sp³-hybridized carbons (Fsp3) is 0.333. The van der Waals surface area contributed by atoms with Gasteiger partial charge in [-0.1, -0.05) is 0 Å². The number of hydrogen-bond acceptors (Lipinski definition) is 3. The second kappa shape index (κ2) is 6.86. The Morgan fingerprint density at radius 1 is 1.11 bits per heavy atom. The van der Waals surface area contributed by atoms with Crippen molar-refractivity contribution in [3.63, 3.8) is 0 Å². The number of carbonyl (C=O) groups excluding carboxylic acids is 2. The predicted octanol–water partition coefficient (Wildman–Crippen LogP) is -0.221. The first-order valence-corrected chi connectivity index (χ1v) is 2.38. The van der Waals surface area contributed by atoms with Crippen molar-refractivity contribution in [2.45, 2.75) is 0 Å². The van der Waals surface area contributed by atoms with Gasteiger partial charge >= 0.3 is 0 Å². The minimum atomic E-state index is 0.196. The number of rotatable bonds is 4. The monoisotopic (exact) mass is 126 g/mol. The highest BCUT2D eigenvalue weighted by atomic mass is 16.5. The molecule has 0 aliphatic heterocycles. The average Bonchev–Trinajstić information content (AvgIpc) is 1.89. The van der Waals surface area contributed by atoms with Crippen molar-refractivity contribution in [3.8, 4) is 0 Å². The summed E-state index contributed by atoms with van der Waals surface area (Å²) in [4.78, 5) is 19.0. The molecule has 9 heavy (non-hydrogen) atoms. The van der Waals surface area contributed by atoms with Crippen LogP contribution in [0.3, 0.4) is 0 Å². The minimum Gasteiger partial charge on any atom is -0.372 e. The average molecular weight is 126 g/mol. The molecular weight excluding hydrogens is 120 g/mol. The van der Waals surface area contributed by atoms with E-state index in [-0.39, 0.29) is 13.2 Å². The molecule has 0 radical (unpaired) electrons. The Hall–Kier alpha value is -1.14. The van der Waals surface area contributed by atoms with E-state index < -0.39 is 0 Å². The van der Waals surface area contributed by atoms with Crippen molar-refractivity contribution in [2.75, 3.05) is 13.2 Å². The van der Waals surface area contributed by atoms with Crippen molar-refractivity contribution in [1.29, 1.82) is 0 Å². The van der Waals surface area contributed by atoms with E-state index in [9.17, 15) is 9.59 Å². The van der Waals surface area contributed by atoms with E-state index in [4.69, 9.17) is 0 Å². The summed E-state index contributed by atoms with van der Waals surface area (Å²) in [5.74, 6) is 3.06. The van der Waals surface area contributed by atoms with Gasteiger partial charge in [-0.3, -0.25) is 0 Å². The zero-order valence-electron chi connectivity index (χ0n) is 4.79. The molecule has 0 saturated heterocycles. The first kappa shape index (κ1) is 7.86. The summed E-state index contributed by atoms with van der Waals surface area (Å²) in [6.07, 6.45) is 2.39. The van der Waals surface area contributed by atoms with Crippen LogP contribution in [0.25, 0.3) is 0 Å². The molecule has 0 aromatic carbocycles. The molecule has 0 unspecified atom stereocenters. The second-order valence-corrected chi connectivity index (χ2v) is 1.18. The maximum absolute atomic E-state index is 9.49. The fourth-order valence-electron chi connectivity index (χ4n) is 0.254. The molecule has 0 aliphatic carbocycles. The predicted molar refractivity (Wildman–Crippen MR) is 31.3 cm³/mol. The smallest absolute Gasteiger partial charge is 0.122 e. The Bertz CT molecular complexity index is 132. The van der Waals surface area contributed by atoms with E-state index in [1.54, 1.807) is 0 Å². The maximum Gasteiger partial charge on any atom is 0.122 e. The molecule has 0 N–H and O–H groups in total. The lowest BCUT2D eigenvalue weighted by Gasteiger charge is -1.88. The molecule has 3 nitrogen and oxygen atoms in total. The maximum atomic E-state index is 9.49. The third kappa shape index (κ3) is 6.86. The van der Waals surface area contributed by atoms with Gasteiger partial charge in [0.1, 0.15) is 11.9 Å². The normalized spacial score (nSPS) is 7.11. The molecule has 0 rings (SSSR count). The van der Waals surface area contributed by atoms with Crippen LogP contribution < -0.4 is 0 Å². The van der Waals surface area contributed by atoms with E-state index in [1.807, 2.05) is 0 Å². The first-order chi connectivity index (χ1) is 4.41. The molecule has 0 aliphatic rings. The highest BCUT2D eigenvalue weighted by molar-refractivity contribution is 5.45. The van der Waals surface area contributed by atoms with Crippen molar-refractivity contribution in [2.24, 2.45) is 0 Å². The van der Waals surface area contributed by atoms with Crippen LogP contribution in [0.2, 0.25) is 0 Å². The van der Waals surface area contributed by atoms with Crippen LogP contribution in [0, 0.1) is 0 Å². The Balaban J connectivity index is 3.09. The third-order valence-corrected chi connectivity index (χ3v) is 0.569. The third-order valence-electron chi connectivity index (χ3n) is 0.569. The van der Waals surface area contributed by atoms with Crippen molar-refractivity contribution in [1.82, 2.24) is 0 Å². The Morgan fingerprint density at radius 3 is 1.89 bits per heavy atom. The van der Waals surface area contributed by atoms with Gasteiger partial charge < -0.3 is 4.74 Å². The summed E-state index contributed by atoms with van der Waals surface area (Å²) in [5.41, 5.74) is 0. The second-order valence-electron chi connectivity index (χ2n) is 1.18. The van der Waals surface area contributed by atoms with Gasteiger partial charge in [0.05, 0.1) is 13.2 Å². The molecule has 3 heteroatoms. The molecule has 48 valence electrons. The van der Waals surface area contributed by atoms with Crippen LogP contribution in [0.15, 0.2) is 12.2 Å². The summed E-state index contributed by atoms with van der Waals surface area (Å²) in [6, 6.07) is 0. The summed E-state index contributed by atoms with van der Waals surface area (Å²) in [7, 11) is 0. The van der Waals surface area contributed by atoms with Gasteiger partial charge in [0, 0.05) is 12.2 Å². The Kier molecular flexibility index (Phi) is 5.99. The summed E-state index contributed by atoms with van der Waals surface area (Å²) in [5, 5.41) is 0. The van der Waals surface area contributed by atoms with Crippen LogP contribution in [-0.4, -0.2) is 25.1 Å². The Morgan fingerprint density at radius 2 is 1.56 bits per heavy atom. The van der Waals surface area contributed by atoms with Gasteiger partial charge in [-0.25, -0.2) is 9.59 Å². The largest absolute Gasteiger partial charge is 0.372 e. The van der Waals surface area contributed by atoms with Gasteiger partial charge in [-0.2, -0.15) is 0 Å². The molecule has 0 aromatic heterocycles. The highest BCUT2D eigenvalue weighted by Gasteiger charge is 1.76. The van der Waals surface area contributed by atoms with E-state index in [1.165, 1.54) is 24.0 Å². The van der Waals surface area contributed by atoms with Crippen molar-refractivity contribution in [3.05, 3.63) is 12.2 Å². The van der Waals surface area contributed by atoms with Gasteiger partial charge in [0.2, 0.25) is 0 Å². The highest BCUT2D eigenvalue weighted by Crippen LogP contribution is 1.71. The lowest BCUT2D eigenvalue weighted by molar-refractivity contribution is 0.195. The molecule has 0 aromatic rings. The van der Waals surface area contributed by atoms with E-state index in [2.05, 4.69) is 4.74 Å². The zero-order chi connectivity index (χ0) is 6.95. The van der Waals surface area contributed by atoms with Crippen LogP contribution in [-0.2, 0) is 14.3 Å². The van der Waals surface area contributed by atoms with E-state index in [0.717, 1.165) is 0 Å². The standard InChI is InChI=1S/C6H6O3/c7-3-1-5-9-6-2-4-8/h1-2H,5-6H2. The molecule has 0 bridgehead atoms. The lowest BCUT2D eigenvalue weighted by Crippen LogP contribution is -1.89. The molecule has 0 fully saturated rings. The van der Waals surface area contributed by atoms with Gasteiger partial charge in [0.15, 0.2) is 0 Å². The van der Waals surface area contributed by atoms with Crippen LogP contribution >= 0.6 is 0 Å². The molecular formula is C6H6O3. The summed E-state index contributed by atoms with van der Waals surface area (Å²) in [6.45, 7) is 0.392. The fourth-order valence-corrected chi connectivity index (χ4v) is 0.254. The summed E-state index contributed by atoms with van der Waals surface area (Å²) < 4.78 is 4.68. The topological polar surface area (TPSA) is 43.4 Å². The molecule has 0 heterocycles. The summed E-state index contributed by atoms with van der Waals surface area (Å²) >= 11 is 0. The molecule has 0 saturated carbocycles. The van der Waals surface area contributed by atoms with Crippen LogP contribution in [0.5, 0.6) is 0 Å². The SMILES string of the molecule is O=C=CCOCC=C=O. The van der Waals surface area contributed by atoms with Gasteiger partial charge in [-0.05, 0) is 0 Å². The van der Waals surface area contributed by atoms with Gasteiger partial charge in [0.25, 0.3) is 0 Å². The quantitative estimate of drug-likeness (QED) is 0.386. The van der Waals surface area contributed by atoms with Crippen molar-refractivity contribution >= 4 is 11.9 Å². The first-order valence-electron chi connectivity index (χ1n) is 2.38. The minimum absolute atomic E-state index is 0.196. The zero-order valence-corrected chi connectivity index (χ0v) is 4.79. The molecule has 0 spiro atoms. The number of hydrogen-bond donors (Lipinski definition) is 0. The van der Waals surface area contributed by atoms with E-state index >= 15 is 0 Å².